The molecule has 3 heteroatoms. The number of unbranched alkanes of at least 4 members (excludes halogenated alkanes) is 5. The van der Waals surface area contributed by atoms with Crippen molar-refractivity contribution in [2.45, 2.75) is 64.7 Å². The lowest BCUT2D eigenvalue weighted by molar-refractivity contribution is -0.153. The second kappa shape index (κ2) is 8.90. The van der Waals surface area contributed by atoms with Gasteiger partial charge in [-0.3, -0.25) is 9.59 Å². The number of carbonyl (C=O) groups is 2. The largest absolute Gasteiger partial charge is 0.393 e. The van der Waals surface area contributed by atoms with Crippen LogP contribution in [0.2, 0.25) is 0 Å². The van der Waals surface area contributed by atoms with Gasteiger partial charge in [-0.15, -0.1) is 0 Å². The van der Waals surface area contributed by atoms with Crippen molar-refractivity contribution < 1.29 is 14.3 Å². The van der Waals surface area contributed by atoms with Gasteiger partial charge in [0.1, 0.15) is 0 Å². The highest BCUT2D eigenvalue weighted by atomic mass is 16.6. The molecular weight excluding hydrogens is 228 g/mol. The molecule has 1 atom stereocenters. The highest BCUT2D eigenvalue weighted by Crippen LogP contribution is 2.22. The van der Waals surface area contributed by atoms with E-state index >= 15 is 0 Å². The lowest BCUT2D eigenvalue weighted by atomic mass is 10.00. The lowest BCUT2D eigenvalue weighted by Crippen LogP contribution is -2.06. The summed E-state index contributed by atoms with van der Waals surface area (Å²) in [5.41, 5.74) is 0. The van der Waals surface area contributed by atoms with Crippen LogP contribution in [0.5, 0.6) is 0 Å². The van der Waals surface area contributed by atoms with E-state index in [1.807, 2.05) is 0 Å². The molecule has 0 aromatic rings. The second-order valence-electron chi connectivity index (χ2n) is 4.95. The van der Waals surface area contributed by atoms with E-state index in [9.17, 15) is 9.59 Å². The molecule has 0 spiro atoms. The third-order valence-electron chi connectivity index (χ3n) is 3.28. The average Bonchev–Trinajstić information content (AvgIpc) is 2.66. The number of allylic oxidation sites excluding steroid dienone is 2. The third kappa shape index (κ3) is 5.99. The van der Waals surface area contributed by atoms with Gasteiger partial charge in [0.05, 0.1) is 12.3 Å². The van der Waals surface area contributed by atoms with Gasteiger partial charge >= 0.3 is 11.9 Å². The predicted octanol–water partition coefficient (Wildman–Crippen LogP) is 3.77. The van der Waals surface area contributed by atoms with E-state index < -0.39 is 0 Å². The van der Waals surface area contributed by atoms with Crippen molar-refractivity contribution in [3.05, 3.63) is 12.2 Å². The first-order valence-electron chi connectivity index (χ1n) is 7.13. The molecule has 1 aliphatic rings. The summed E-state index contributed by atoms with van der Waals surface area (Å²) in [6.07, 6.45) is 13.7. The van der Waals surface area contributed by atoms with Crippen LogP contribution in [-0.4, -0.2) is 11.9 Å². The minimum Gasteiger partial charge on any atom is -0.393 e. The molecule has 0 radical (unpaired) electrons. The first-order valence-corrected chi connectivity index (χ1v) is 7.13. The molecule has 18 heavy (non-hydrogen) atoms. The fourth-order valence-corrected chi connectivity index (χ4v) is 2.14. The number of hydrogen-bond donors (Lipinski definition) is 0. The fraction of sp³-hybridized carbons (Fsp3) is 0.733. The zero-order chi connectivity index (χ0) is 13.2. The van der Waals surface area contributed by atoms with E-state index in [-0.39, 0.29) is 24.3 Å². The molecule has 102 valence electrons. The molecule has 0 saturated carbocycles. The van der Waals surface area contributed by atoms with E-state index in [0.29, 0.717) is 0 Å². The van der Waals surface area contributed by atoms with Gasteiger partial charge in [0, 0.05) is 0 Å². The molecular formula is C15H24O3. The minimum absolute atomic E-state index is 0.175. The van der Waals surface area contributed by atoms with Crippen LogP contribution in [-0.2, 0) is 14.3 Å². The van der Waals surface area contributed by atoms with Crippen molar-refractivity contribution in [1.82, 2.24) is 0 Å². The van der Waals surface area contributed by atoms with Crippen molar-refractivity contribution in [3.63, 3.8) is 0 Å². The van der Waals surface area contributed by atoms with Gasteiger partial charge in [0.25, 0.3) is 0 Å². The van der Waals surface area contributed by atoms with E-state index in [1.165, 1.54) is 25.7 Å². The maximum atomic E-state index is 11.2. The number of rotatable bonds is 9. The summed E-state index contributed by atoms with van der Waals surface area (Å²) in [5, 5.41) is 0. The fourth-order valence-electron chi connectivity index (χ4n) is 2.14. The topological polar surface area (TPSA) is 43.4 Å². The van der Waals surface area contributed by atoms with Crippen LogP contribution in [0.15, 0.2) is 12.2 Å². The van der Waals surface area contributed by atoms with Crippen molar-refractivity contribution in [1.29, 1.82) is 0 Å². The highest BCUT2D eigenvalue weighted by molar-refractivity contribution is 5.94. The van der Waals surface area contributed by atoms with Crippen LogP contribution in [0.4, 0.5) is 0 Å². The maximum absolute atomic E-state index is 11.2. The summed E-state index contributed by atoms with van der Waals surface area (Å²) in [6, 6.07) is 0. The molecule has 0 aromatic carbocycles. The Morgan fingerprint density at radius 1 is 1.11 bits per heavy atom. The van der Waals surface area contributed by atoms with Crippen molar-refractivity contribution in [2.75, 3.05) is 0 Å². The van der Waals surface area contributed by atoms with Crippen molar-refractivity contribution >= 4 is 11.9 Å². The second-order valence-corrected chi connectivity index (χ2v) is 4.95. The Hall–Kier alpha value is -1.12. The Kier molecular flexibility index (Phi) is 7.38. The molecule has 0 N–H and O–H groups in total. The summed E-state index contributed by atoms with van der Waals surface area (Å²) in [4.78, 5) is 22.1. The summed E-state index contributed by atoms with van der Waals surface area (Å²) >= 11 is 0. The average molecular weight is 252 g/mol. The Balaban J connectivity index is 1.95. The van der Waals surface area contributed by atoms with Crippen LogP contribution in [0.1, 0.15) is 64.7 Å². The van der Waals surface area contributed by atoms with E-state index in [0.717, 1.165) is 25.7 Å². The molecule has 0 bridgehead atoms. The number of cyclic esters (lactones) is 2. The summed E-state index contributed by atoms with van der Waals surface area (Å²) in [5.74, 6) is -0.859. The van der Waals surface area contributed by atoms with Crippen LogP contribution < -0.4 is 0 Å². The monoisotopic (exact) mass is 252 g/mol. The standard InChI is InChI=1S/C15H24O3/c1-2-3-4-5-6-7-8-9-10-11-13-12-14(16)18-15(13)17/h6-7,13H,2-5,8-12H2,1H3/b7-6+. The SMILES string of the molecule is CCCCC/C=C/CCCCC1CC(=O)OC1=O. The predicted molar refractivity (Wildman–Crippen MR) is 71.0 cm³/mol. The zero-order valence-corrected chi connectivity index (χ0v) is 11.3. The number of carbonyl (C=O) groups excluding carboxylic acids is 2. The Morgan fingerprint density at radius 3 is 2.33 bits per heavy atom. The first-order chi connectivity index (χ1) is 8.74. The third-order valence-corrected chi connectivity index (χ3v) is 3.28. The Bertz CT molecular complexity index is 294. The molecule has 1 fully saturated rings. The molecule has 1 unspecified atom stereocenters. The van der Waals surface area contributed by atoms with Gasteiger partial charge in [-0.1, -0.05) is 38.3 Å². The van der Waals surface area contributed by atoms with Gasteiger partial charge in [-0.25, -0.2) is 0 Å². The summed E-state index contributed by atoms with van der Waals surface area (Å²) < 4.78 is 4.52. The Labute approximate surface area is 110 Å². The van der Waals surface area contributed by atoms with Crippen molar-refractivity contribution in [2.24, 2.45) is 5.92 Å². The molecule has 1 heterocycles. The number of hydrogen-bond acceptors (Lipinski definition) is 3. The molecule has 0 aliphatic carbocycles. The van der Waals surface area contributed by atoms with Crippen LogP contribution >= 0.6 is 0 Å². The molecule has 0 aromatic heterocycles. The van der Waals surface area contributed by atoms with E-state index in [1.54, 1.807) is 0 Å². The van der Waals surface area contributed by atoms with Crippen molar-refractivity contribution in [3.8, 4) is 0 Å². The lowest BCUT2D eigenvalue weighted by Gasteiger charge is -2.02. The first kappa shape index (κ1) is 14.9. The minimum atomic E-state index is -0.360. The highest BCUT2D eigenvalue weighted by Gasteiger charge is 2.32. The normalized spacial score (nSPS) is 19.7. The Morgan fingerprint density at radius 2 is 1.78 bits per heavy atom. The summed E-state index contributed by atoms with van der Waals surface area (Å²) in [6.45, 7) is 2.21. The molecule has 1 rings (SSSR count). The van der Waals surface area contributed by atoms with Crippen LogP contribution in [0.3, 0.4) is 0 Å². The number of esters is 2. The summed E-state index contributed by atoms with van der Waals surface area (Å²) in [7, 11) is 0. The molecule has 3 nitrogen and oxygen atoms in total. The molecule has 1 aliphatic heterocycles. The number of ether oxygens (including phenoxy) is 1. The van der Waals surface area contributed by atoms with Gasteiger partial charge in [0.2, 0.25) is 0 Å². The maximum Gasteiger partial charge on any atom is 0.317 e. The molecule has 1 saturated heterocycles. The van der Waals surface area contributed by atoms with Crippen LogP contribution in [0, 0.1) is 5.92 Å². The van der Waals surface area contributed by atoms with E-state index in [4.69, 9.17) is 0 Å². The van der Waals surface area contributed by atoms with E-state index in [2.05, 4.69) is 23.8 Å². The van der Waals surface area contributed by atoms with Crippen LogP contribution in [0.25, 0.3) is 0 Å². The zero-order valence-electron chi connectivity index (χ0n) is 11.3. The quantitative estimate of drug-likeness (QED) is 0.271. The van der Waals surface area contributed by atoms with Gasteiger partial charge < -0.3 is 4.74 Å². The van der Waals surface area contributed by atoms with Gasteiger partial charge in [-0.2, -0.15) is 0 Å². The van der Waals surface area contributed by atoms with Gasteiger partial charge in [-0.05, 0) is 32.1 Å². The molecule has 0 amide bonds. The van der Waals surface area contributed by atoms with Gasteiger partial charge in [0.15, 0.2) is 0 Å². The smallest absolute Gasteiger partial charge is 0.317 e.